The molecule has 1 heteroatoms. The van der Waals surface area contributed by atoms with Crippen LogP contribution in [0.2, 0.25) is 0 Å². The molecular weight excluding hydrogens is 194 g/mol. The molecule has 0 aliphatic heterocycles. The highest BCUT2D eigenvalue weighted by Crippen LogP contribution is 2.14. The SMILES string of the molecule is C=CCCC(CC)N[C@@H](C)c1ccccc1. The first kappa shape index (κ1) is 13.0. The van der Waals surface area contributed by atoms with Crippen molar-refractivity contribution in [2.45, 2.75) is 45.2 Å². The van der Waals surface area contributed by atoms with Crippen LogP contribution in [0, 0.1) is 0 Å². The zero-order chi connectivity index (χ0) is 11.8. The van der Waals surface area contributed by atoms with E-state index in [1.165, 1.54) is 18.4 Å². The third-order valence-corrected chi connectivity index (χ3v) is 3.00. The molecule has 1 rings (SSSR count). The minimum atomic E-state index is 0.427. The molecule has 0 radical (unpaired) electrons. The number of hydrogen-bond acceptors (Lipinski definition) is 1. The lowest BCUT2D eigenvalue weighted by Crippen LogP contribution is -2.30. The van der Waals surface area contributed by atoms with Crippen LogP contribution in [0.1, 0.15) is 44.7 Å². The summed E-state index contributed by atoms with van der Waals surface area (Å²) in [4.78, 5) is 0. The predicted octanol–water partition coefficient (Wildman–Crippen LogP) is 4.08. The number of rotatable bonds is 7. The lowest BCUT2D eigenvalue weighted by molar-refractivity contribution is 0.422. The van der Waals surface area contributed by atoms with Gasteiger partial charge in [-0.2, -0.15) is 0 Å². The fraction of sp³-hybridized carbons (Fsp3) is 0.467. The van der Waals surface area contributed by atoms with Crippen molar-refractivity contribution < 1.29 is 0 Å². The van der Waals surface area contributed by atoms with Gasteiger partial charge in [-0.05, 0) is 31.7 Å². The third kappa shape index (κ3) is 4.19. The van der Waals surface area contributed by atoms with Crippen molar-refractivity contribution >= 4 is 0 Å². The lowest BCUT2D eigenvalue weighted by Gasteiger charge is -2.22. The summed E-state index contributed by atoms with van der Waals surface area (Å²) in [6, 6.07) is 11.6. The van der Waals surface area contributed by atoms with Gasteiger partial charge in [-0.1, -0.05) is 43.3 Å². The number of nitrogens with one attached hydrogen (secondary N) is 1. The second-order valence-electron chi connectivity index (χ2n) is 4.27. The smallest absolute Gasteiger partial charge is 0.0294 e. The Hall–Kier alpha value is -1.08. The molecule has 88 valence electrons. The highest BCUT2D eigenvalue weighted by molar-refractivity contribution is 5.18. The zero-order valence-electron chi connectivity index (χ0n) is 10.4. The fourth-order valence-corrected chi connectivity index (χ4v) is 1.92. The summed E-state index contributed by atoms with van der Waals surface area (Å²) in [5, 5.41) is 3.67. The van der Waals surface area contributed by atoms with Gasteiger partial charge in [0.2, 0.25) is 0 Å². The molecule has 16 heavy (non-hydrogen) atoms. The standard InChI is InChI=1S/C15H23N/c1-4-6-12-15(5-2)16-13(3)14-10-8-7-9-11-14/h4,7-11,13,15-16H,1,5-6,12H2,2-3H3/t13-,15?/m0/s1. The van der Waals surface area contributed by atoms with Gasteiger partial charge in [0.25, 0.3) is 0 Å². The van der Waals surface area contributed by atoms with Gasteiger partial charge >= 0.3 is 0 Å². The monoisotopic (exact) mass is 217 g/mol. The van der Waals surface area contributed by atoms with E-state index in [2.05, 4.69) is 56.1 Å². The first-order chi connectivity index (χ1) is 7.77. The fourth-order valence-electron chi connectivity index (χ4n) is 1.92. The van der Waals surface area contributed by atoms with Crippen LogP contribution < -0.4 is 5.32 Å². The van der Waals surface area contributed by atoms with Crippen LogP contribution in [0.25, 0.3) is 0 Å². The second-order valence-corrected chi connectivity index (χ2v) is 4.27. The molecule has 0 bridgehead atoms. The molecule has 1 nitrogen and oxygen atoms in total. The van der Waals surface area contributed by atoms with E-state index < -0.39 is 0 Å². The van der Waals surface area contributed by atoms with Crippen LogP contribution in [0.3, 0.4) is 0 Å². The Labute approximate surface area is 99.6 Å². The molecule has 0 fully saturated rings. The molecule has 0 heterocycles. The van der Waals surface area contributed by atoms with E-state index in [0.29, 0.717) is 12.1 Å². The Morgan fingerprint density at radius 2 is 2.00 bits per heavy atom. The summed E-state index contributed by atoms with van der Waals surface area (Å²) in [7, 11) is 0. The Kier molecular flexibility index (Phi) is 5.87. The average Bonchev–Trinajstić information content (AvgIpc) is 2.35. The molecule has 1 aromatic rings. The minimum Gasteiger partial charge on any atom is -0.307 e. The average molecular weight is 217 g/mol. The molecule has 1 aromatic carbocycles. The molecule has 0 saturated heterocycles. The maximum Gasteiger partial charge on any atom is 0.0294 e. The zero-order valence-corrected chi connectivity index (χ0v) is 10.4. The Morgan fingerprint density at radius 1 is 1.31 bits per heavy atom. The van der Waals surface area contributed by atoms with E-state index in [-0.39, 0.29) is 0 Å². The molecule has 1 unspecified atom stereocenters. The van der Waals surface area contributed by atoms with E-state index >= 15 is 0 Å². The van der Waals surface area contributed by atoms with Crippen LogP contribution in [0.4, 0.5) is 0 Å². The van der Waals surface area contributed by atoms with Gasteiger partial charge < -0.3 is 5.32 Å². The number of allylic oxidation sites excluding steroid dienone is 1. The van der Waals surface area contributed by atoms with Gasteiger partial charge in [0.05, 0.1) is 0 Å². The van der Waals surface area contributed by atoms with Crippen LogP contribution in [0.5, 0.6) is 0 Å². The predicted molar refractivity (Wildman–Crippen MR) is 71.5 cm³/mol. The van der Waals surface area contributed by atoms with Gasteiger partial charge in [-0.25, -0.2) is 0 Å². The summed E-state index contributed by atoms with van der Waals surface area (Å²) >= 11 is 0. The highest BCUT2D eigenvalue weighted by atomic mass is 14.9. The first-order valence-electron chi connectivity index (χ1n) is 6.19. The molecule has 2 atom stereocenters. The molecular formula is C15H23N. The van der Waals surface area contributed by atoms with Crippen molar-refractivity contribution in [2.75, 3.05) is 0 Å². The summed E-state index contributed by atoms with van der Waals surface area (Å²) in [5.41, 5.74) is 1.36. The van der Waals surface area contributed by atoms with E-state index in [0.717, 1.165) is 6.42 Å². The molecule has 0 aromatic heterocycles. The van der Waals surface area contributed by atoms with Gasteiger partial charge in [-0.15, -0.1) is 6.58 Å². The van der Waals surface area contributed by atoms with Crippen LogP contribution in [-0.4, -0.2) is 6.04 Å². The quantitative estimate of drug-likeness (QED) is 0.678. The van der Waals surface area contributed by atoms with Crippen LogP contribution >= 0.6 is 0 Å². The molecule has 0 saturated carbocycles. The van der Waals surface area contributed by atoms with Crippen LogP contribution in [0.15, 0.2) is 43.0 Å². The lowest BCUT2D eigenvalue weighted by atomic mass is 10.0. The topological polar surface area (TPSA) is 12.0 Å². The first-order valence-corrected chi connectivity index (χ1v) is 6.19. The maximum atomic E-state index is 3.78. The van der Waals surface area contributed by atoms with E-state index in [1.54, 1.807) is 0 Å². The Bertz CT molecular complexity index is 292. The summed E-state index contributed by atoms with van der Waals surface area (Å²) in [6.07, 6.45) is 5.44. The maximum absolute atomic E-state index is 3.78. The van der Waals surface area contributed by atoms with Crippen molar-refractivity contribution in [1.82, 2.24) is 5.32 Å². The van der Waals surface area contributed by atoms with E-state index in [9.17, 15) is 0 Å². The van der Waals surface area contributed by atoms with E-state index in [1.807, 2.05) is 6.08 Å². The van der Waals surface area contributed by atoms with Crippen molar-refractivity contribution in [3.05, 3.63) is 48.6 Å². The van der Waals surface area contributed by atoms with Crippen molar-refractivity contribution in [1.29, 1.82) is 0 Å². The summed E-state index contributed by atoms with van der Waals surface area (Å²) < 4.78 is 0. The molecule has 0 aliphatic rings. The number of benzene rings is 1. The summed E-state index contributed by atoms with van der Waals surface area (Å²) in [6.45, 7) is 8.24. The normalized spacial score (nSPS) is 14.4. The third-order valence-electron chi connectivity index (χ3n) is 3.00. The Balaban J connectivity index is 2.48. The van der Waals surface area contributed by atoms with Gasteiger partial charge in [0.1, 0.15) is 0 Å². The molecule has 1 N–H and O–H groups in total. The Morgan fingerprint density at radius 3 is 2.56 bits per heavy atom. The van der Waals surface area contributed by atoms with Gasteiger partial charge in [0.15, 0.2) is 0 Å². The molecule has 0 spiro atoms. The minimum absolute atomic E-state index is 0.427. The summed E-state index contributed by atoms with van der Waals surface area (Å²) in [5.74, 6) is 0. The van der Waals surface area contributed by atoms with Crippen molar-refractivity contribution in [3.8, 4) is 0 Å². The highest BCUT2D eigenvalue weighted by Gasteiger charge is 2.10. The van der Waals surface area contributed by atoms with Gasteiger partial charge in [0, 0.05) is 12.1 Å². The number of hydrogen-bond donors (Lipinski definition) is 1. The molecule has 0 aliphatic carbocycles. The van der Waals surface area contributed by atoms with Crippen molar-refractivity contribution in [3.63, 3.8) is 0 Å². The molecule has 0 amide bonds. The van der Waals surface area contributed by atoms with E-state index in [4.69, 9.17) is 0 Å². The second kappa shape index (κ2) is 7.24. The van der Waals surface area contributed by atoms with Crippen LogP contribution in [-0.2, 0) is 0 Å². The largest absolute Gasteiger partial charge is 0.307 e. The van der Waals surface area contributed by atoms with Crippen molar-refractivity contribution in [2.24, 2.45) is 0 Å². The van der Waals surface area contributed by atoms with Gasteiger partial charge in [-0.3, -0.25) is 0 Å².